The van der Waals surface area contributed by atoms with Crippen LogP contribution in [0.15, 0.2) is 41.3 Å². The lowest BCUT2D eigenvalue weighted by Gasteiger charge is -2.09. The van der Waals surface area contributed by atoms with Crippen molar-refractivity contribution in [3.8, 4) is 17.1 Å². The highest BCUT2D eigenvalue weighted by Gasteiger charge is 2.28. The van der Waals surface area contributed by atoms with E-state index in [0.717, 1.165) is 0 Å². The molecule has 19 heavy (non-hydrogen) atoms. The average molecular weight is 270 g/mol. The molecular weight excluding hydrogens is 261 g/mol. The summed E-state index contributed by atoms with van der Waals surface area (Å²) in [5.41, 5.74) is 0.277. The van der Waals surface area contributed by atoms with Gasteiger partial charge in [-0.15, -0.1) is 0 Å². The maximum atomic E-state index is 12.0. The van der Waals surface area contributed by atoms with Gasteiger partial charge in [-0.2, -0.15) is 13.2 Å². The van der Waals surface area contributed by atoms with Crippen molar-refractivity contribution in [1.29, 1.82) is 0 Å². The van der Waals surface area contributed by atoms with E-state index in [-0.39, 0.29) is 11.3 Å². The third-order valence-electron chi connectivity index (χ3n) is 2.20. The number of H-pyrrole nitrogens is 1. The Balaban J connectivity index is 2.12. The third-order valence-corrected chi connectivity index (χ3v) is 2.20. The number of benzene rings is 1. The predicted octanol–water partition coefficient (Wildman–Crippen LogP) is 2.38. The van der Waals surface area contributed by atoms with Gasteiger partial charge in [0.25, 0.3) is 5.56 Å². The molecule has 2 aromatic rings. The van der Waals surface area contributed by atoms with Crippen LogP contribution in [0.3, 0.4) is 0 Å². The van der Waals surface area contributed by atoms with Gasteiger partial charge in [0.2, 0.25) is 0 Å². The molecule has 0 fully saturated rings. The Morgan fingerprint density at radius 1 is 1.16 bits per heavy atom. The van der Waals surface area contributed by atoms with Crippen LogP contribution in [0.4, 0.5) is 13.2 Å². The monoisotopic (exact) mass is 270 g/mol. The van der Waals surface area contributed by atoms with E-state index in [1.54, 1.807) is 0 Å². The summed E-state index contributed by atoms with van der Waals surface area (Å²) in [6.07, 6.45) is -3.02. The van der Waals surface area contributed by atoms with E-state index in [1.165, 1.54) is 36.5 Å². The van der Waals surface area contributed by atoms with Gasteiger partial charge in [0.15, 0.2) is 6.61 Å². The molecule has 0 saturated heterocycles. The first-order valence-corrected chi connectivity index (χ1v) is 5.29. The second-order valence-corrected chi connectivity index (χ2v) is 3.71. The van der Waals surface area contributed by atoms with Crippen LogP contribution in [0.25, 0.3) is 11.4 Å². The first-order valence-electron chi connectivity index (χ1n) is 5.29. The van der Waals surface area contributed by atoms with Crippen molar-refractivity contribution in [3.63, 3.8) is 0 Å². The van der Waals surface area contributed by atoms with E-state index in [9.17, 15) is 18.0 Å². The van der Waals surface area contributed by atoms with Gasteiger partial charge in [-0.3, -0.25) is 4.79 Å². The number of alkyl halides is 3. The lowest BCUT2D eigenvalue weighted by Crippen LogP contribution is -2.19. The summed E-state index contributed by atoms with van der Waals surface area (Å²) in [4.78, 5) is 17.6. The van der Waals surface area contributed by atoms with Crippen LogP contribution in [0, 0.1) is 0 Å². The van der Waals surface area contributed by atoms with Crippen molar-refractivity contribution in [2.24, 2.45) is 0 Å². The van der Waals surface area contributed by atoms with E-state index >= 15 is 0 Å². The molecule has 0 amide bonds. The zero-order valence-electron chi connectivity index (χ0n) is 9.57. The summed E-state index contributed by atoms with van der Waals surface area (Å²) in [5.74, 6) is 0.439. The van der Waals surface area contributed by atoms with Crippen molar-refractivity contribution in [2.75, 3.05) is 6.61 Å². The van der Waals surface area contributed by atoms with Gasteiger partial charge in [0, 0.05) is 17.8 Å². The molecule has 4 nitrogen and oxygen atoms in total. The SMILES string of the molecule is O=c1ccnc(-c2ccc(OCC(F)(F)F)cc2)[nH]1. The van der Waals surface area contributed by atoms with Crippen molar-refractivity contribution in [1.82, 2.24) is 9.97 Å². The molecule has 0 radical (unpaired) electrons. The van der Waals surface area contributed by atoms with E-state index in [0.29, 0.717) is 11.4 Å². The second kappa shape index (κ2) is 5.13. The van der Waals surface area contributed by atoms with Gasteiger partial charge >= 0.3 is 6.18 Å². The molecule has 7 heteroatoms. The largest absolute Gasteiger partial charge is 0.484 e. The molecule has 1 aromatic carbocycles. The molecule has 0 aliphatic carbocycles. The number of nitrogens with zero attached hydrogens (tertiary/aromatic N) is 1. The average Bonchev–Trinajstić information content (AvgIpc) is 2.36. The molecular formula is C12H9F3N2O2. The molecule has 0 aliphatic heterocycles. The Morgan fingerprint density at radius 3 is 2.42 bits per heavy atom. The maximum Gasteiger partial charge on any atom is 0.422 e. The maximum absolute atomic E-state index is 12.0. The zero-order chi connectivity index (χ0) is 13.9. The van der Waals surface area contributed by atoms with Gasteiger partial charge in [0.05, 0.1) is 0 Å². The standard InChI is InChI=1S/C12H9F3N2O2/c13-12(14,15)7-19-9-3-1-8(2-4-9)11-16-6-5-10(18)17-11/h1-6H,7H2,(H,16,17,18). The number of halogens is 3. The van der Waals surface area contributed by atoms with Crippen LogP contribution in [0.1, 0.15) is 0 Å². The number of rotatable bonds is 3. The van der Waals surface area contributed by atoms with Gasteiger partial charge < -0.3 is 9.72 Å². The van der Waals surface area contributed by atoms with E-state index in [4.69, 9.17) is 0 Å². The molecule has 0 spiro atoms. The molecule has 0 aliphatic rings. The summed E-state index contributed by atoms with van der Waals surface area (Å²) >= 11 is 0. The first-order chi connectivity index (χ1) is 8.94. The van der Waals surface area contributed by atoms with E-state index in [2.05, 4.69) is 14.7 Å². The Hall–Kier alpha value is -2.31. The molecule has 100 valence electrons. The van der Waals surface area contributed by atoms with Gasteiger partial charge in [-0.1, -0.05) is 0 Å². The van der Waals surface area contributed by atoms with Gasteiger partial charge in [-0.05, 0) is 24.3 Å². The number of ether oxygens (including phenoxy) is 1. The van der Waals surface area contributed by atoms with Gasteiger partial charge in [-0.25, -0.2) is 4.98 Å². The Labute approximate surface area is 105 Å². The molecule has 2 rings (SSSR count). The minimum atomic E-state index is -4.37. The Kier molecular flexibility index (Phi) is 3.55. The van der Waals surface area contributed by atoms with Crippen LogP contribution < -0.4 is 10.3 Å². The minimum Gasteiger partial charge on any atom is -0.484 e. The summed E-state index contributed by atoms with van der Waals surface area (Å²) < 4.78 is 40.4. The molecule has 0 bridgehead atoms. The van der Waals surface area contributed by atoms with E-state index in [1.807, 2.05) is 0 Å². The smallest absolute Gasteiger partial charge is 0.422 e. The highest BCUT2D eigenvalue weighted by Crippen LogP contribution is 2.21. The van der Waals surface area contributed by atoms with Crippen LogP contribution in [-0.4, -0.2) is 22.8 Å². The van der Waals surface area contributed by atoms with Crippen LogP contribution in [-0.2, 0) is 0 Å². The lowest BCUT2D eigenvalue weighted by atomic mass is 10.2. The fourth-order valence-corrected chi connectivity index (χ4v) is 1.39. The van der Waals surface area contributed by atoms with Crippen molar-refractivity contribution < 1.29 is 17.9 Å². The fourth-order valence-electron chi connectivity index (χ4n) is 1.39. The summed E-state index contributed by atoms with van der Waals surface area (Å²) in [7, 11) is 0. The highest BCUT2D eigenvalue weighted by molar-refractivity contribution is 5.55. The minimum absolute atomic E-state index is 0.0966. The second-order valence-electron chi connectivity index (χ2n) is 3.71. The summed E-state index contributed by atoms with van der Waals surface area (Å²) in [6.45, 7) is -1.34. The number of hydrogen-bond acceptors (Lipinski definition) is 3. The van der Waals surface area contributed by atoms with Crippen molar-refractivity contribution >= 4 is 0 Å². The number of aromatic amines is 1. The van der Waals surface area contributed by atoms with E-state index < -0.39 is 12.8 Å². The molecule has 1 aromatic heterocycles. The summed E-state index contributed by atoms with van der Waals surface area (Å²) in [5, 5.41) is 0. The molecule has 1 N–H and O–H groups in total. The Morgan fingerprint density at radius 2 is 1.84 bits per heavy atom. The highest BCUT2D eigenvalue weighted by atomic mass is 19.4. The molecule has 0 unspecified atom stereocenters. The van der Waals surface area contributed by atoms with Crippen LogP contribution in [0.5, 0.6) is 5.75 Å². The van der Waals surface area contributed by atoms with Crippen molar-refractivity contribution in [3.05, 3.63) is 46.9 Å². The zero-order valence-corrected chi connectivity index (χ0v) is 9.57. The Bertz CT molecular complexity index is 605. The predicted molar refractivity (Wildman–Crippen MR) is 61.8 cm³/mol. The van der Waals surface area contributed by atoms with Gasteiger partial charge in [0.1, 0.15) is 11.6 Å². The number of aromatic nitrogens is 2. The third kappa shape index (κ3) is 3.84. The van der Waals surface area contributed by atoms with Crippen LogP contribution >= 0.6 is 0 Å². The normalized spacial score (nSPS) is 11.3. The number of nitrogens with one attached hydrogen (secondary N) is 1. The molecule has 0 saturated carbocycles. The first kappa shape index (κ1) is 13.1. The topological polar surface area (TPSA) is 55.0 Å². The van der Waals surface area contributed by atoms with Crippen molar-refractivity contribution in [2.45, 2.75) is 6.18 Å². The van der Waals surface area contributed by atoms with Crippen LogP contribution in [0.2, 0.25) is 0 Å². The summed E-state index contributed by atoms with van der Waals surface area (Å²) in [6, 6.07) is 7.07. The molecule has 1 heterocycles. The molecule has 0 atom stereocenters. The fraction of sp³-hybridized carbons (Fsp3) is 0.167. The number of hydrogen-bond donors (Lipinski definition) is 1. The quantitative estimate of drug-likeness (QED) is 0.931. The lowest BCUT2D eigenvalue weighted by molar-refractivity contribution is -0.153.